The van der Waals surface area contributed by atoms with E-state index in [4.69, 9.17) is 37.0 Å². The molecule has 0 heterocycles. The van der Waals surface area contributed by atoms with Crippen molar-refractivity contribution in [2.75, 3.05) is 39.6 Å². The molecule has 0 aromatic rings. The number of unbranched alkanes of at least 4 members (excludes halogenated alkanes) is 40. The standard InChI is InChI=1S/C76H148O17P2/c1-8-11-12-13-14-15-16-17-21-24-27-36-43-50-57-73(78)86-63-71(92-75(80)59-52-45-38-28-25-22-19-18-20-23-26-34-41-48-55-68(6)9-2)65-90-94(82,83)88-61-70(77)62-89-95(84,85)91-66-72(64-87-74(79)58-51-44-37-31-29-33-40-47-54-67(4)5)93-76(81)60-53-46-39-32-30-35-42-49-56-69(7)10-3/h67-72,77H,8-66H2,1-7H3,(H,82,83)(H,84,85)/t68?,69?,70-,71-,72-/m1/s1. The molecule has 3 N–H and O–H groups in total. The van der Waals surface area contributed by atoms with Gasteiger partial charge in [-0.1, -0.05) is 337 Å². The van der Waals surface area contributed by atoms with E-state index in [1.807, 2.05) is 0 Å². The minimum atomic E-state index is -4.96. The molecule has 0 aliphatic rings. The number of phosphoric acid groups is 2. The second-order valence-electron chi connectivity index (χ2n) is 28.4. The lowest BCUT2D eigenvalue weighted by Crippen LogP contribution is -2.30. The summed E-state index contributed by atoms with van der Waals surface area (Å²) in [6, 6.07) is 0. The number of carbonyl (C=O) groups excluding carboxylic acids is 4. The van der Waals surface area contributed by atoms with Crippen LogP contribution in [0.1, 0.15) is 389 Å². The smallest absolute Gasteiger partial charge is 0.462 e. The Morgan fingerprint density at radius 1 is 0.305 bits per heavy atom. The van der Waals surface area contributed by atoms with Crippen LogP contribution < -0.4 is 0 Å². The molecule has 0 saturated carbocycles. The van der Waals surface area contributed by atoms with Crippen molar-refractivity contribution in [3.05, 3.63) is 0 Å². The highest BCUT2D eigenvalue weighted by Gasteiger charge is 2.30. The predicted molar refractivity (Wildman–Crippen MR) is 386 cm³/mol. The SMILES string of the molecule is CCCCCCCCCCCCCCCCC(=O)OC[C@H](COP(=O)(O)OC[C@@H](O)COP(=O)(O)OC[C@@H](COC(=O)CCCCCCCCCCC(C)C)OC(=O)CCCCCCCCCCC(C)CC)OC(=O)CCCCCCCCCCCCCCCCC(C)CC. The first-order chi connectivity index (χ1) is 45.8. The van der Waals surface area contributed by atoms with Gasteiger partial charge < -0.3 is 33.8 Å². The second kappa shape index (κ2) is 66.6. The largest absolute Gasteiger partial charge is 0.472 e. The van der Waals surface area contributed by atoms with Gasteiger partial charge in [-0.15, -0.1) is 0 Å². The Kier molecular flexibility index (Phi) is 65.2. The van der Waals surface area contributed by atoms with E-state index < -0.39 is 97.5 Å². The number of carbonyl (C=O) groups is 4. The van der Waals surface area contributed by atoms with Crippen molar-refractivity contribution >= 4 is 39.5 Å². The van der Waals surface area contributed by atoms with Gasteiger partial charge >= 0.3 is 39.5 Å². The Balaban J connectivity index is 5.26. The molecule has 0 bridgehead atoms. The van der Waals surface area contributed by atoms with Crippen LogP contribution in [0, 0.1) is 17.8 Å². The van der Waals surface area contributed by atoms with E-state index >= 15 is 0 Å². The van der Waals surface area contributed by atoms with E-state index in [2.05, 4.69) is 48.5 Å². The Morgan fingerprint density at radius 3 is 0.800 bits per heavy atom. The van der Waals surface area contributed by atoms with Crippen molar-refractivity contribution in [2.24, 2.45) is 17.8 Å². The number of aliphatic hydroxyl groups is 1. The number of hydrogen-bond acceptors (Lipinski definition) is 15. The Labute approximate surface area is 581 Å². The topological polar surface area (TPSA) is 237 Å². The average Bonchev–Trinajstić information content (AvgIpc) is 1.42. The fraction of sp³-hybridized carbons (Fsp3) is 0.947. The summed E-state index contributed by atoms with van der Waals surface area (Å²) in [4.78, 5) is 72.8. The van der Waals surface area contributed by atoms with Gasteiger partial charge in [0.15, 0.2) is 12.2 Å². The zero-order valence-electron chi connectivity index (χ0n) is 62.1. The number of phosphoric ester groups is 2. The average molecular weight is 1400 g/mol. The highest BCUT2D eigenvalue weighted by atomic mass is 31.2. The van der Waals surface area contributed by atoms with Crippen LogP contribution >= 0.6 is 15.6 Å². The van der Waals surface area contributed by atoms with Crippen LogP contribution in [0.5, 0.6) is 0 Å². The molecule has 0 spiro atoms. The van der Waals surface area contributed by atoms with E-state index in [1.165, 1.54) is 199 Å². The summed E-state index contributed by atoms with van der Waals surface area (Å²) in [6.07, 6.45) is 52.6. The van der Waals surface area contributed by atoms with Crippen molar-refractivity contribution in [1.29, 1.82) is 0 Å². The zero-order chi connectivity index (χ0) is 70.1. The molecule has 564 valence electrons. The quantitative estimate of drug-likeness (QED) is 0.0222. The third-order valence-corrected chi connectivity index (χ3v) is 20.3. The fourth-order valence-electron chi connectivity index (χ4n) is 11.5. The molecule has 0 aromatic heterocycles. The van der Waals surface area contributed by atoms with E-state index in [-0.39, 0.29) is 25.7 Å². The molecular formula is C76H148O17P2. The molecule has 17 nitrogen and oxygen atoms in total. The van der Waals surface area contributed by atoms with Crippen molar-refractivity contribution < 1.29 is 80.2 Å². The third-order valence-electron chi connectivity index (χ3n) is 18.4. The molecular weight excluding hydrogens is 1250 g/mol. The maximum atomic E-state index is 13.1. The Bertz CT molecular complexity index is 1860. The van der Waals surface area contributed by atoms with Gasteiger partial charge in [0.25, 0.3) is 0 Å². The first-order valence-corrected chi connectivity index (χ1v) is 42.4. The molecule has 0 aliphatic heterocycles. The lowest BCUT2D eigenvalue weighted by Gasteiger charge is -2.21. The maximum absolute atomic E-state index is 13.1. The van der Waals surface area contributed by atoms with Gasteiger partial charge in [-0.05, 0) is 43.4 Å². The van der Waals surface area contributed by atoms with Crippen molar-refractivity contribution in [3.8, 4) is 0 Å². The van der Waals surface area contributed by atoms with Gasteiger partial charge in [-0.25, -0.2) is 9.13 Å². The first kappa shape index (κ1) is 93.1. The summed E-state index contributed by atoms with van der Waals surface area (Å²) >= 11 is 0. The molecule has 0 aromatic carbocycles. The highest BCUT2D eigenvalue weighted by Crippen LogP contribution is 2.45. The highest BCUT2D eigenvalue weighted by molar-refractivity contribution is 7.47. The van der Waals surface area contributed by atoms with Crippen LogP contribution in [-0.2, 0) is 65.4 Å². The van der Waals surface area contributed by atoms with Crippen LogP contribution in [0.4, 0.5) is 0 Å². The lowest BCUT2D eigenvalue weighted by atomic mass is 9.99. The second-order valence-corrected chi connectivity index (χ2v) is 31.3. The summed E-state index contributed by atoms with van der Waals surface area (Å²) in [5.41, 5.74) is 0. The van der Waals surface area contributed by atoms with Crippen LogP contribution in [0.3, 0.4) is 0 Å². The van der Waals surface area contributed by atoms with E-state index in [9.17, 15) is 43.2 Å². The monoisotopic (exact) mass is 1400 g/mol. The molecule has 0 aliphatic carbocycles. The number of aliphatic hydroxyl groups excluding tert-OH is 1. The lowest BCUT2D eigenvalue weighted by molar-refractivity contribution is -0.161. The Hall–Kier alpha value is -1.94. The summed E-state index contributed by atoms with van der Waals surface area (Å²) < 4.78 is 68.5. The summed E-state index contributed by atoms with van der Waals surface area (Å²) in [7, 11) is -9.91. The van der Waals surface area contributed by atoms with Crippen LogP contribution in [0.15, 0.2) is 0 Å². The molecule has 0 rings (SSSR count). The van der Waals surface area contributed by atoms with E-state index in [1.54, 1.807) is 0 Å². The van der Waals surface area contributed by atoms with Gasteiger partial charge in [-0.3, -0.25) is 37.3 Å². The molecule has 19 heteroatoms. The zero-order valence-corrected chi connectivity index (χ0v) is 63.9. The minimum Gasteiger partial charge on any atom is -0.462 e. The van der Waals surface area contributed by atoms with Crippen LogP contribution in [0.25, 0.3) is 0 Å². The summed E-state index contributed by atoms with van der Waals surface area (Å²) in [5.74, 6) is 0.223. The summed E-state index contributed by atoms with van der Waals surface area (Å²) in [6.45, 7) is 11.9. The van der Waals surface area contributed by atoms with Crippen LogP contribution in [-0.4, -0.2) is 96.7 Å². The maximum Gasteiger partial charge on any atom is 0.472 e. The number of ether oxygens (including phenoxy) is 4. The molecule has 0 radical (unpaired) electrons. The molecule has 0 saturated heterocycles. The number of esters is 4. The third kappa shape index (κ3) is 67.6. The van der Waals surface area contributed by atoms with Gasteiger partial charge in [0.2, 0.25) is 0 Å². The van der Waals surface area contributed by atoms with Crippen LogP contribution in [0.2, 0.25) is 0 Å². The van der Waals surface area contributed by atoms with Gasteiger partial charge in [0.05, 0.1) is 26.4 Å². The molecule has 7 atom stereocenters. The molecule has 95 heavy (non-hydrogen) atoms. The van der Waals surface area contributed by atoms with Gasteiger partial charge in [-0.2, -0.15) is 0 Å². The number of rotatable bonds is 74. The Morgan fingerprint density at radius 2 is 0.537 bits per heavy atom. The van der Waals surface area contributed by atoms with Crippen molar-refractivity contribution in [3.63, 3.8) is 0 Å². The van der Waals surface area contributed by atoms with E-state index in [0.29, 0.717) is 25.7 Å². The first-order valence-electron chi connectivity index (χ1n) is 39.4. The van der Waals surface area contributed by atoms with Gasteiger partial charge in [0.1, 0.15) is 19.3 Å². The molecule has 4 unspecified atom stereocenters. The fourth-order valence-corrected chi connectivity index (χ4v) is 13.1. The predicted octanol–water partition coefficient (Wildman–Crippen LogP) is 22.2. The normalized spacial score (nSPS) is 14.6. The van der Waals surface area contributed by atoms with Gasteiger partial charge in [0, 0.05) is 25.7 Å². The van der Waals surface area contributed by atoms with E-state index in [0.717, 1.165) is 108 Å². The molecule has 0 fully saturated rings. The number of hydrogen-bond donors (Lipinski definition) is 3. The van der Waals surface area contributed by atoms with Crippen molar-refractivity contribution in [1.82, 2.24) is 0 Å². The minimum absolute atomic E-state index is 0.104. The summed E-state index contributed by atoms with van der Waals surface area (Å²) in [5, 5.41) is 10.6. The van der Waals surface area contributed by atoms with Crippen molar-refractivity contribution in [2.45, 2.75) is 407 Å². The molecule has 0 amide bonds.